The van der Waals surface area contributed by atoms with E-state index in [1.165, 1.54) is 11.8 Å². The summed E-state index contributed by atoms with van der Waals surface area (Å²) in [5.41, 5.74) is 2.36. The van der Waals surface area contributed by atoms with Crippen LogP contribution in [0, 0.1) is 11.6 Å². The van der Waals surface area contributed by atoms with Gasteiger partial charge in [0.05, 0.1) is 17.5 Å². The van der Waals surface area contributed by atoms with Crippen molar-refractivity contribution in [1.29, 1.82) is 0 Å². The van der Waals surface area contributed by atoms with Crippen LogP contribution in [0.2, 0.25) is 0 Å². The Bertz CT molecular complexity index is 1160. The van der Waals surface area contributed by atoms with Gasteiger partial charge in [-0.3, -0.25) is 14.5 Å². The van der Waals surface area contributed by atoms with Gasteiger partial charge >= 0.3 is 0 Å². The summed E-state index contributed by atoms with van der Waals surface area (Å²) in [5.74, 6) is -2.28. The van der Waals surface area contributed by atoms with E-state index >= 15 is 0 Å². The monoisotopic (exact) mass is 397 g/mol. The van der Waals surface area contributed by atoms with Gasteiger partial charge in [0, 0.05) is 12.7 Å². The van der Waals surface area contributed by atoms with Crippen molar-refractivity contribution in [3.63, 3.8) is 0 Å². The van der Waals surface area contributed by atoms with Crippen LogP contribution >= 0.6 is 0 Å². The average Bonchev–Trinajstić information content (AvgIpc) is 2.69. The number of fused-ring (bicyclic) bond motifs is 2. The Balaban J connectivity index is 1.61. The molecule has 1 amide bonds. The molecule has 29 heavy (non-hydrogen) atoms. The Morgan fingerprint density at radius 2 is 1.83 bits per heavy atom. The van der Waals surface area contributed by atoms with Gasteiger partial charge in [-0.15, -0.1) is 0 Å². The first-order valence-corrected chi connectivity index (χ1v) is 9.43. The summed E-state index contributed by atoms with van der Waals surface area (Å²) in [6, 6.07) is 9.07. The van der Waals surface area contributed by atoms with Gasteiger partial charge in [-0.05, 0) is 54.6 Å². The van der Waals surface area contributed by atoms with Gasteiger partial charge in [0.1, 0.15) is 0 Å². The Labute approximate surface area is 166 Å². The van der Waals surface area contributed by atoms with E-state index in [9.17, 15) is 18.4 Å². The molecule has 0 spiro atoms. The number of hydrogen-bond donors (Lipinski definition) is 2. The normalized spacial score (nSPS) is 17.7. The van der Waals surface area contributed by atoms with Crippen molar-refractivity contribution in [3.05, 3.63) is 81.3 Å². The maximum atomic E-state index is 13.8. The molecule has 1 aliphatic rings. The number of nitrogens with one attached hydrogen (secondary N) is 2. The molecule has 1 aromatic heterocycles. The highest BCUT2D eigenvalue weighted by Crippen LogP contribution is 2.26. The lowest BCUT2D eigenvalue weighted by atomic mass is 9.93. The van der Waals surface area contributed by atoms with Crippen molar-refractivity contribution >= 4 is 16.7 Å². The summed E-state index contributed by atoms with van der Waals surface area (Å²) >= 11 is 0. The lowest BCUT2D eigenvalue weighted by Crippen LogP contribution is -2.49. The number of carbonyl (C=O) groups is 1. The van der Waals surface area contributed by atoms with Crippen LogP contribution in [-0.2, 0) is 17.8 Å². The van der Waals surface area contributed by atoms with Crippen LogP contribution in [0.15, 0.2) is 47.4 Å². The summed E-state index contributed by atoms with van der Waals surface area (Å²) in [5, 5.41) is 3.28. The third-order valence-corrected chi connectivity index (χ3v) is 5.59. The minimum absolute atomic E-state index is 0.0474. The molecule has 2 atom stereocenters. The molecule has 0 unspecified atom stereocenters. The van der Waals surface area contributed by atoms with E-state index in [4.69, 9.17) is 0 Å². The molecule has 2 aromatic carbocycles. The number of aromatic nitrogens is 1. The highest BCUT2D eigenvalue weighted by molar-refractivity contribution is 5.87. The van der Waals surface area contributed by atoms with E-state index in [-0.39, 0.29) is 22.7 Å². The minimum Gasteiger partial charge on any atom is -0.348 e. The van der Waals surface area contributed by atoms with Crippen LogP contribution in [0.4, 0.5) is 8.78 Å². The molecule has 0 aliphatic carbocycles. The van der Waals surface area contributed by atoms with Crippen LogP contribution in [-0.4, -0.2) is 28.9 Å². The van der Waals surface area contributed by atoms with E-state index in [1.807, 2.05) is 30.1 Å². The first kappa shape index (κ1) is 19.3. The minimum atomic E-state index is -1.08. The van der Waals surface area contributed by atoms with Crippen molar-refractivity contribution in [2.24, 2.45) is 0 Å². The molecule has 0 radical (unpaired) electrons. The number of pyridine rings is 1. The lowest BCUT2D eigenvalue weighted by Gasteiger charge is -2.33. The third-order valence-electron chi connectivity index (χ3n) is 5.59. The summed E-state index contributed by atoms with van der Waals surface area (Å²) in [6.07, 6.45) is 2.03. The number of carbonyl (C=O) groups excluding carboxylic acids is 1. The molecule has 5 nitrogen and oxygen atoms in total. The van der Waals surface area contributed by atoms with Crippen LogP contribution in [0.25, 0.3) is 10.8 Å². The molecule has 0 fully saturated rings. The third kappa shape index (κ3) is 3.53. The Morgan fingerprint density at radius 3 is 2.55 bits per heavy atom. The number of hydrogen-bond acceptors (Lipinski definition) is 3. The first-order valence-electron chi connectivity index (χ1n) is 9.43. The summed E-state index contributed by atoms with van der Waals surface area (Å²) in [4.78, 5) is 29.5. The molecule has 2 N–H and O–H groups in total. The van der Waals surface area contributed by atoms with Crippen molar-refractivity contribution in [3.8, 4) is 0 Å². The van der Waals surface area contributed by atoms with Gasteiger partial charge in [0.2, 0.25) is 5.91 Å². The molecule has 0 bridgehead atoms. The van der Waals surface area contributed by atoms with Crippen molar-refractivity contribution in [2.45, 2.75) is 32.0 Å². The standard InChI is InChI=1S/C22H21F2N3O2/c1-12(17-10-25-21(28)16-9-19(24)18(23)8-15(16)17)26-22(29)20-7-13-5-3-4-6-14(13)11-27(20)2/h3-6,8-10,12,20H,7,11H2,1-2H3,(H,25,28)(H,26,29)/t12-,20-/m0/s1. The molecular weight excluding hydrogens is 376 g/mol. The van der Waals surface area contributed by atoms with Crippen molar-refractivity contribution < 1.29 is 13.6 Å². The summed E-state index contributed by atoms with van der Waals surface area (Å²) in [6.45, 7) is 2.43. The molecular formula is C22H21F2N3O2. The first-order chi connectivity index (χ1) is 13.8. The largest absolute Gasteiger partial charge is 0.348 e. The molecule has 2 heterocycles. The Morgan fingerprint density at radius 1 is 1.17 bits per heavy atom. The zero-order chi connectivity index (χ0) is 20.7. The van der Waals surface area contributed by atoms with E-state index in [1.54, 1.807) is 6.92 Å². The highest BCUT2D eigenvalue weighted by Gasteiger charge is 2.30. The van der Waals surface area contributed by atoms with E-state index in [0.29, 0.717) is 18.5 Å². The number of rotatable bonds is 3. The van der Waals surface area contributed by atoms with Gasteiger partial charge in [-0.1, -0.05) is 24.3 Å². The van der Waals surface area contributed by atoms with Crippen LogP contribution in [0.3, 0.4) is 0 Å². The summed E-state index contributed by atoms with van der Waals surface area (Å²) < 4.78 is 27.4. The van der Waals surface area contributed by atoms with Gasteiger partial charge < -0.3 is 10.3 Å². The number of halogens is 2. The number of amides is 1. The predicted molar refractivity (Wildman–Crippen MR) is 106 cm³/mol. The highest BCUT2D eigenvalue weighted by atomic mass is 19.2. The number of H-pyrrole nitrogens is 1. The molecule has 150 valence electrons. The van der Waals surface area contributed by atoms with Gasteiger partial charge in [-0.25, -0.2) is 8.78 Å². The number of nitrogens with zero attached hydrogens (tertiary/aromatic N) is 1. The van der Waals surface area contributed by atoms with Crippen LogP contribution in [0.5, 0.6) is 0 Å². The van der Waals surface area contributed by atoms with E-state index in [0.717, 1.165) is 17.7 Å². The fraction of sp³-hybridized carbons (Fsp3) is 0.273. The molecule has 7 heteroatoms. The zero-order valence-corrected chi connectivity index (χ0v) is 16.1. The average molecular weight is 397 g/mol. The second-order valence-electron chi connectivity index (χ2n) is 7.52. The molecule has 4 rings (SSSR count). The fourth-order valence-electron chi connectivity index (χ4n) is 3.96. The number of aromatic amines is 1. The van der Waals surface area contributed by atoms with Gasteiger partial charge in [0.15, 0.2) is 11.6 Å². The second kappa shape index (κ2) is 7.40. The topological polar surface area (TPSA) is 65.2 Å². The maximum Gasteiger partial charge on any atom is 0.255 e. The quantitative estimate of drug-likeness (QED) is 0.714. The lowest BCUT2D eigenvalue weighted by molar-refractivity contribution is -0.127. The smallest absolute Gasteiger partial charge is 0.255 e. The van der Waals surface area contributed by atoms with Crippen LogP contribution in [0.1, 0.15) is 29.7 Å². The summed E-state index contributed by atoms with van der Waals surface area (Å²) in [7, 11) is 1.90. The number of likely N-dealkylation sites (N-methyl/N-ethyl adjacent to an activating group) is 1. The number of benzene rings is 2. The van der Waals surface area contributed by atoms with Crippen LogP contribution < -0.4 is 10.9 Å². The molecule has 0 saturated heterocycles. The molecule has 3 aromatic rings. The SMILES string of the molecule is C[C@H](NC(=O)[C@@H]1Cc2ccccc2CN1C)c1c[nH]c(=O)c2cc(F)c(F)cc12. The second-order valence-corrected chi connectivity index (χ2v) is 7.52. The Kier molecular flexibility index (Phi) is 4.92. The van der Waals surface area contributed by atoms with E-state index in [2.05, 4.69) is 16.4 Å². The van der Waals surface area contributed by atoms with Crippen molar-refractivity contribution in [1.82, 2.24) is 15.2 Å². The molecule has 1 aliphatic heterocycles. The molecule has 0 saturated carbocycles. The zero-order valence-electron chi connectivity index (χ0n) is 16.1. The predicted octanol–water partition coefficient (Wildman–Crippen LogP) is 3.04. The maximum absolute atomic E-state index is 13.8. The van der Waals surface area contributed by atoms with Gasteiger partial charge in [0.25, 0.3) is 5.56 Å². The Hall–Kier alpha value is -3.06. The fourth-order valence-corrected chi connectivity index (χ4v) is 3.96. The van der Waals surface area contributed by atoms with Crippen molar-refractivity contribution in [2.75, 3.05) is 7.05 Å². The van der Waals surface area contributed by atoms with Gasteiger partial charge in [-0.2, -0.15) is 0 Å². The van der Waals surface area contributed by atoms with E-state index < -0.39 is 23.2 Å².